The molecule has 2 N–H and O–H groups in total. The SMILES string of the molecule is CC1CC(O)(c2ccccc2)C(C)(CN(C)C)CN1C.CCC(=O)O.Cl.Cl. The van der Waals surface area contributed by atoms with Gasteiger partial charge in [-0.25, -0.2) is 0 Å². The van der Waals surface area contributed by atoms with E-state index < -0.39 is 11.6 Å². The summed E-state index contributed by atoms with van der Waals surface area (Å²) in [5.74, 6) is -0.745. The summed E-state index contributed by atoms with van der Waals surface area (Å²) in [7, 11) is 6.31. The number of aliphatic hydroxyl groups is 1. The van der Waals surface area contributed by atoms with Crippen LogP contribution in [-0.4, -0.2) is 66.3 Å². The molecule has 1 saturated heterocycles. The van der Waals surface area contributed by atoms with E-state index >= 15 is 0 Å². The summed E-state index contributed by atoms with van der Waals surface area (Å²) in [5, 5.41) is 19.3. The molecule has 1 aliphatic rings. The number of likely N-dealkylation sites (tertiary alicyclic amines) is 1. The Bertz CT molecular complexity index is 559. The molecule has 5 nitrogen and oxygen atoms in total. The molecule has 1 aromatic carbocycles. The number of hydrogen-bond acceptors (Lipinski definition) is 4. The van der Waals surface area contributed by atoms with Crippen LogP contribution in [0.15, 0.2) is 30.3 Å². The summed E-state index contributed by atoms with van der Waals surface area (Å²) in [6, 6.07) is 10.6. The van der Waals surface area contributed by atoms with Gasteiger partial charge in [0.25, 0.3) is 0 Å². The minimum Gasteiger partial charge on any atom is -0.481 e. The molecule has 1 aromatic rings. The number of hydrogen-bond donors (Lipinski definition) is 2. The molecular formula is C20H36Cl2N2O3. The first kappa shape index (κ1) is 28.4. The predicted molar refractivity (Wildman–Crippen MR) is 116 cm³/mol. The molecule has 158 valence electrons. The lowest BCUT2D eigenvalue weighted by atomic mass is 9.63. The summed E-state index contributed by atoms with van der Waals surface area (Å²) >= 11 is 0. The van der Waals surface area contributed by atoms with Crippen LogP contribution in [0.25, 0.3) is 0 Å². The van der Waals surface area contributed by atoms with Gasteiger partial charge < -0.3 is 20.0 Å². The zero-order chi connectivity index (χ0) is 19.3. The molecule has 3 atom stereocenters. The number of carboxylic acids is 1. The van der Waals surface area contributed by atoms with Crippen molar-refractivity contribution in [3.8, 4) is 0 Å². The predicted octanol–water partition coefficient (Wildman–Crippen LogP) is 3.49. The lowest BCUT2D eigenvalue weighted by Crippen LogP contribution is -2.61. The van der Waals surface area contributed by atoms with E-state index in [4.69, 9.17) is 5.11 Å². The third-order valence-corrected chi connectivity index (χ3v) is 5.16. The van der Waals surface area contributed by atoms with Crippen LogP contribution in [0.4, 0.5) is 0 Å². The van der Waals surface area contributed by atoms with Crippen LogP contribution >= 0.6 is 24.8 Å². The Labute approximate surface area is 176 Å². The van der Waals surface area contributed by atoms with Gasteiger partial charge in [-0.05, 0) is 40.1 Å². The number of piperidine rings is 1. The van der Waals surface area contributed by atoms with Gasteiger partial charge in [-0.15, -0.1) is 24.8 Å². The normalized spacial score (nSPS) is 27.6. The maximum atomic E-state index is 11.5. The molecule has 1 fully saturated rings. The van der Waals surface area contributed by atoms with Crippen molar-refractivity contribution < 1.29 is 15.0 Å². The van der Waals surface area contributed by atoms with E-state index in [0.29, 0.717) is 6.04 Å². The molecular weight excluding hydrogens is 387 g/mol. The molecule has 0 aromatic heterocycles. The number of carbonyl (C=O) groups is 1. The van der Waals surface area contributed by atoms with Crippen LogP contribution in [0.1, 0.15) is 39.2 Å². The summed E-state index contributed by atoms with van der Waals surface area (Å²) in [4.78, 5) is 13.9. The monoisotopic (exact) mass is 422 g/mol. The minimum atomic E-state index is -0.773. The van der Waals surface area contributed by atoms with Crippen LogP contribution < -0.4 is 0 Å². The number of benzene rings is 1. The van der Waals surface area contributed by atoms with Crippen molar-refractivity contribution in [1.29, 1.82) is 0 Å². The number of carboxylic acid groups (broad SMARTS) is 1. The van der Waals surface area contributed by atoms with Gasteiger partial charge in [0.2, 0.25) is 0 Å². The molecule has 7 heteroatoms. The lowest BCUT2D eigenvalue weighted by molar-refractivity contribution is -0.151. The van der Waals surface area contributed by atoms with E-state index in [1.165, 1.54) is 0 Å². The van der Waals surface area contributed by atoms with Gasteiger partial charge >= 0.3 is 5.97 Å². The highest BCUT2D eigenvalue weighted by Crippen LogP contribution is 2.48. The second kappa shape index (κ2) is 11.9. The Kier molecular flexibility index (Phi) is 12.5. The summed E-state index contributed by atoms with van der Waals surface area (Å²) in [6.07, 6.45) is 0.998. The molecule has 0 aliphatic carbocycles. The van der Waals surface area contributed by atoms with Crippen LogP contribution in [-0.2, 0) is 10.4 Å². The molecule has 1 aliphatic heterocycles. The van der Waals surface area contributed by atoms with Gasteiger partial charge in [-0.3, -0.25) is 4.79 Å². The fourth-order valence-corrected chi connectivity index (χ4v) is 3.73. The molecule has 0 radical (unpaired) electrons. The fourth-order valence-electron chi connectivity index (χ4n) is 3.73. The van der Waals surface area contributed by atoms with Crippen molar-refractivity contribution in [1.82, 2.24) is 9.80 Å². The van der Waals surface area contributed by atoms with Gasteiger partial charge in [-0.1, -0.05) is 44.2 Å². The highest BCUT2D eigenvalue weighted by molar-refractivity contribution is 5.85. The van der Waals surface area contributed by atoms with E-state index in [-0.39, 0.29) is 36.6 Å². The van der Waals surface area contributed by atoms with Crippen molar-refractivity contribution >= 4 is 30.8 Å². The first-order valence-corrected chi connectivity index (χ1v) is 8.90. The van der Waals surface area contributed by atoms with Gasteiger partial charge in [0.15, 0.2) is 0 Å². The quantitative estimate of drug-likeness (QED) is 0.776. The van der Waals surface area contributed by atoms with E-state index in [1.54, 1.807) is 6.92 Å². The first-order chi connectivity index (χ1) is 11.6. The highest BCUT2D eigenvalue weighted by Gasteiger charge is 2.53. The van der Waals surface area contributed by atoms with Gasteiger partial charge in [-0.2, -0.15) is 0 Å². The summed E-state index contributed by atoms with van der Waals surface area (Å²) in [5.41, 5.74) is 0.0909. The molecule has 3 unspecified atom stereocenters. The third-order valence-electron chi connectivity index (χ3n) is 5.16. The Morgan fingerprint density at radius 3 is 2.15 bits per heavy atom. The minimum absolute atomic E-state index is 0. The number of aliphatic carboxylic acids is 1. The van der Waals surface area contributed by atoms with Crippen molar-refractivity contribution in [2.45, 2.75) is 45.3 Å². The number of rotatable bonds is 4. The molecule has 0 amide bonds. The van der Waals surface area contributed by atoms with Crippen molar-refractivity contribution in [3.05, 3.63) is 35.9 Å². The molecule has 0 spiro atoms. The van der Waals surface area contributed by atoms with Crippen LogP contribution in [0.2, 0.25) is 0 Å². The number of nitrogens with zero attached hydrogens (tertiary/aromatic N) is 2. The van der Waals surface area contributed by atoms with Crippen LogP contribution in [0, 0.1) is 5.41 Å². The Morgan fingerprint density at radius 2 is 1.74 bits per heavy atom. The molecule has 2 rings (SSSR count). The number of halogens is 2. The summed E-state index contributed by atoms with van der Waals surface area (Å²) < 4.78 is 0. The molecule has 0 saturated carbocycles. The highest BCUT2D eigenvalue weighted by atomic mass is 35.5. The molecule has 0 bridgehead atoms. The zero-order valence-electron chi connectivity index (χ0n) is 17.3. The van der Waals surface area contributed by atoms with E-state index in [1.807, 2.05) is 18.2 Å². The van der Waals surface area contributed by atoms with Crippen molar-refractivity contribution in [2.24, 2.45) is 5.41 Å². The Balaban J connectivity index is 0. The standard InChI is InChI=1S/C17H28N2O.C3H6O2.2ClH/c1-14-11-17(20,15-9-7-6-8-10-15)16(2,12-18(3)4)13-19(14)5;1-2-3(4)5;;/h6-10,14,20H,11-13H2,1-5H3;2H2,1H3,(H,4,5);2*1H. The largest absolute Gasteiger partial charge is 0.481 e. The second-order valence-electron chi connectivity index (χ2n) is 7.74. The summed E-state index contributed by atoms with van der Waals surface area (Å²) in [6.45, 7) is 7.78. The van der Waals surface area contributed by atoms with Gasteiger partial charge in [0.05, 0.1) is 5.60 Å². The van der Waals surface area contributed by atoms with E-state index in [9.17, 15) is 9.90 Å². The fraction of sp³-hybridized carbons (Fsp3) is 0.650. The first-order valence-electron chi connectivity index (χ1n) is 8.90. The van der Waals surface area contributed by atoms with Crippen molar-refractivity contribution in [2.75, 3.05) is 34.2 Å². The van der Waals surface area contributed by atoms with Gasteiger partial charge in [0, 0.05) is 31.0 Å². The molecule has 27 heavy (non-hydrogen) atoms. The topological polar surface area (TPSA) is 64.0 Å². The van der Waals surface area contributed by atoms with Crippen LogP contribution in [0.3, 0.4) is 0 Å². The average molecular weight is 423 g/mol. The van der Waals surface area contributed by atoms with Crippen molar-refractivity contribution in [3.63, 3.8) is 0 Å². The maximum absolute atomic E-state index is 11.5. The van der Waals surface area contributed by atoms with Crippen LogP contribution in [0.5, 0.6) is 0 Å². The molecule has 1 heterocycles. The zero-order valence-corrected chi connectivity index (χ0v) is 18.9. The average Bonchev–Trinajstić information content (AvgIpc) is 2.53. The lowest BCUT2D eigenvalue weighted by Gasteiger charge is -2.55. The van der Waals surface area contributed by atoms with E-state index in [2.05, 4.69) is 56.9 Å². The third kappa shape index (κ3) is 7.24. The maximum Gasteiger partial charge on any atom is 0.303 e. The second-order valence-corrected chi connectivity index (χ2v) is 7.74. The smallest absolute Gasteiger partial charge is 0.303 e. The van der Waals surface area contributed by atoms with E-state index in [0.717, 1.165) is 25.1 Å². The van der Waals surface area contributed by atoms with Gasteiger partial charge in [0.1, 0.15) is 0 Å². The Morgan fingerprint density at radius 1 is 1.26 bits per heavy atom. The Hall–Kier alpha value is -0.850.